The van der Waals surface area contributed by atoms with Gasteiger partial charge in [0, 0.05) is 16.1 Å². The van der Waals surface area contributed by atoms with Gasteiger partial charge in [0.25, 0.3) is 0 Å². The van der Waals surface area contributed by atoms with Crippen molar-refractivity contribution < 1.29 is 13.9 Å². The van der Waals surface area contributed by atoms with Gasteiger partial charge < -0.3 is 4.74 Å². The molecule has 0 spiro atoms. The van der Waals surface area contributed by atoms with E-state index >= 15 is 0 Å². The van der Waals surface area contributed by atoms with E-state index in [1.165, 1.54) is 6.07 Å². The number of hydrogen-bond acceptors (Lipinski definition) is 2. The molecule has 24 heavy (non-hydrogen) atoms. The standard InChI is InChI=1S/C19H19BrFNO2/c1-2-15-8-9-16-17(21)10-14(20)11-18(16)22(15)19(23)24-12-13-6-4-3-5-7-13/h3-7,10-11,15H,2,8-9,12H2,1H3. The van der Waals surface area contributed by atoms with Crippen molar-refractivity contribution in [1.29, 1.82) is 0 Å². The molecule has 0 aromatic heterocycles. The zero-order valence-corrected chi connectivity index (χ0v) is 15.1. The molecular weight excluding hydrogens is 373 g/mol. The molecule has 1 atom stereocenters. The second-order valence-corrected chi connectivity index (χ2v) is 6.81. The lowest BCUT2D eigenvalue weighted by atomic mass is 9.94. The number of nitrogens with zero attached hydrogens (tertiary/aromatic N) is 1. The first-order chi connectivity index (χ1) is 11.6. The number of anilines is 1. The molecule has 0 N–H and O–H groups in total. The molecule has 0 saturated carbocycles. The Balaban J connectivity index is 1.86. The molecule has 3 rings (SSSR count). The molecule has 5 heteroatoms. The fourth-order valence-corrected chi connectivity index (χ4v) is 3.53. The highest BCUT2D eigenvalue weighted by atomic mass is 79.9. The van der Waals surface area contributed by atoms with Gasteiger partial charge in [0.1, 0.15) is 12.4 Å². The van der Waals surface area contributed by atoms with Crippen LogP contribution < -0.4 is 4.90 Å². The van der Waals surface area contributed by atoms with Crippen molar-refractivity contribution in [3.63, 3.8) is 0 Å². The number of ether oxygens (including phenoxy) is 1. The summed E-state index contributed by atoms with van der Waals surface area (Å²) in [7, 11) is 0. The van der Waals surface area contributed by atoms with Crippen LogP contribution in [0.15, 0.2) is 46.9 Å². The van der Waals surface area contributed by atoms with Crippen LogP contribution in [-0.2, 0) is 17.8 Å². The van der Waals surface area contributed by atoms with Crippen molar-refractivity contribution in [2.75, 3.05) is 4.90 Å². The van der Waals surface area contributed by atoms with Gasteiger partial charge in [-0.1, -0.05) is 53.2 Å². The largest absolute Gasteiger partial charge is 0.444 e. The maximum atomic E-state index is 14.2. The van der Waals surface area contributed by atoms with E-state index in [9.17, 15) is 9.18 Å². The lowest BCUT2D eigenvalue weighted by Crippen LogP contribution is -2.44. The van der Waals surface area contributed by atoms with Gasteiger partial charge >= 0.3 is 6.09 Å². The minimum atomic E-state index is -0.427. The zero-order valence-electron chi connectivity index (χ0n) is 13.5. The van der Waals surface area contributed by atoms with E-state index in [0.29, 0.717) is 22.1 Å². The molecule has 126 valence electrons. The molecule has 1 aliphatic rings. The number of amides is 1. The van der Waals surface area contributed by atoms with Gasteiger partial charge in [0.15, 0.2) is 0 Å². The van der Waals surface area contributed by atoms with Gasteiger partial charge in [-0.2, -0.15) is 0 Å². The van der Waals surface area contributed by atoms with Gasteiger partial charge in [-0.15, -0.1) is 0 Å². The number of carbonyl (C=O) groups excluding carboxylic acids is 1. The van der Waals surface area contributed by atoms with Crippen LogP contribution in [0.2, 0.25) is 0 Å². The average molecular weight is 392 g/mol. The van der Waals surface area contributed by atoms with E-state index < -0.39 is 6.09 Å². The summed E-state index contributed by atoms with van der Waals surface area (Å²) in [5, 5.41) is 0. The Morgan fingerprint density at radius 1 is 1.33 bits per heavy atom. The molecule has 1 amide bonds. The summed E-state index contributed by atoms with van der Waals surface area (Å²) in [4.78, 5) is 14.3. The van der Waals surface area contributed by atoms with Crippen molar-refractivity contribution in [3.05, 3.63) is 63.9 Å². The molecule has 2 aromatic carbocycles. The maximum absolute atomic E-state index is 14.2. The van der Waals surface area contributed by atoms with E-state index in [4.69, 9.17) is 4.74 Å². The second-order valence-electron chi connectivity index (χ2n) is 5.90. The number of halogens is 2. The smallest absolute Gasteiger partial charge is 0.414 e. The Hall–Kier alpha value is -1.88. The number of carbonyl (C=O) groups is 1. The van der Waals surface area contributed by atoms with Crippen molar-refractivity contribution in [1.82, 2.24) is 0 Å². The SMILES string of the molecule is CCC1CCc2c(F)cc(Br)cc2N1C(=O)OCc1ccccc1. The van der Waals surface area contributed by atoms with E-state index in [1.54, 1.807) is 11.0 Å². The summed E-state index contributed by atoms with van der Waals surface area (Å²) < 4.78 is 20.3. The molecule has 0 radical (unpaired) electrons. The van der Waals surface area contributed by atoms with E-state index in [-0.39, 0.29) is 18.5 Å². The lowest BCUT2D eigenvalue weighted by Gasteiger charge is -2.36. The van der Waals surface area contributed by atoms with E-state index in [2.05, 4.69) is 15.9 Å². The first-order valence-electron chi connectivity index (χ1n) is 8.08. The van der Waals surface area contributed by atoms with E-state index in [0.717, 1.165) is 18.4 Å². The van der Waals surface area contributed by atoms with Gasteiger partial charge in [-0.25, -0.2) is 9.18 Å². The monoisotopic (exact) mass is 391 g/mol. The van der Waals surface area contributed by atoms with Crippen molar-refractivity contribution >= 4 is 27.7 Å². The summed E-state index contributed by atoms with van der Waals surface area (Å²) in [6.45, 7) is 2.24. The molecule has 1 aliphatic heterocycles. The Bertz CT molecular complexity index is 736. The summed E-state index contributed by atoms with van der Waals surface area (Å²) >= 11 is 3.32. The fraction of sp³-hybridized carbons (Fsp3) is 0.316. The van der Waals surface area contributed by atoms with E-state index in [1.807, 2.05) is 37.3 Å². The third-order valence-electron chi connectivity index (χ3n) is 4.36. The van der Waals surface area contributed by atoms with Crippen LogP contribution in [0.4, 0.5) is 14.9 Å². The molecule has 0 aliphatic carbocycles. The predicted octanol–water partition coefficient (Wildman–Crippen LogP) is 5.46. The van der Waals surface area contributed by atoms with Crippen LogP contribution in [0.25, 0.3) is 0 Å². The third kappa shape index (κ3) is 3.46. The number of benzene rings is 2. The van der Waals surface area contributed by atoms with Crippen LogP contribution in [0.3, 0.4) is 0 Å². The minimum absolute atomic E-state index is 0.0227. The Morgan fingerprint density at radius 3 is 2.79 bits per heavy atom. The second kappa shape index (κ2) is 7.34. The molecule has 2 aromatic rings. The zero-order chi connectivity index (χ0) is 17.1. The molecule has 0 bridgehead atoms. The van der Waals surface area contributed by atoms with Crippen molar-refractivity contribution in [3.8, 4) is 0 Å². The minimum Gasteiger partial charge on any atom is -0.444 e. The first kappa shape index (κ1) is 17.0. The van der Waals surface area contributed by atoms with Crippen LogP contribution >= 0.6 is 15.9 Å². The number of fused-ring (bicyclic) bond motifs is 1. The van der Waals surface area contributed by atoms with Crippen LogP contribution in [0.5, 0.6) is 0 Å². The van der Waals surface area contributed by atoms with Gasteiger partial charge in [0.05, 0.1) is 5.69 Å². The third-order valence-corrected chi connectivity index (χ3v) is 4.82. The Morgan fingerprint density at radius 2 is 2.08 bits per heavy atom. The van der Waals surface area contributed by atoms with Gasteiger partial charge in [0.2, 0.25) is 0 Å². The van der Waals surface area contributed by atoms with Crippen LogP contribution in [-0.4, -0.2) is 12.1 Å². The van der Waals surface area contributed by atoms with Crippen molar-refractivity contribution in [2.45, 2.75) is 38.8 Å². The Kier molecular flexibility index (Phi) is 5.19. The van der Waals surface area contributed by atoms with Crippen LogP contribution in [0, 0.1) is 5.82 Å². The summed E-state index contributed by atoms with van der Waals surface area (Å²) in [5.41, 5.74) is 2.12. The Labute approximate surface area is 149 Å². The summed E-state index contributed by atoms with van der Waals surface area (Å²) in [5.74, 6) is -0.283. The molecule has 0 saturated heterocycles. The average Bonchev–Trinajstić information content (AvgIpc) is 2.59. The maximum Gasteiger partial charge on any atom is 0.414 e. The number of hydrogen-bond donors (Lipinski definition) is 0. The highest BCUT2D eigenvalue weighted by Gasteiger charge is 2.33. The quantitative estimate of drug-likeness (QED) is 0.695. The van der Waals surface area contributed by atoms with Gasteiger partial charge in [-0.3, -0.25) is 4.90 Å². The predicted molar refractivity (Wildman–Crippen MR) is 95.6 cm³/mol. The summed E-state index contributed by atoms with van der Waals surface area (Å²) in [6.07, 6.45) is 1.75. The topological polar surface area (TPSA) is 29.5 Å². The highest BCUT2D eigenvalue weighted by molar-refractivity contribution is 9.10. The van der Waals surface area contributed by atoms with Crippen LogP contribution in [0.1, 0.15) is 30.9 Å². The summed E-state index contributed by atoms with van der Waals surface area (Å²) in [6, 6.07) is 12.8. The molecule has 1 heterocycles. The van der Waals surface area contributed by atoms with Gasteiger partial charge in [-0.05, 0) is 37.0 Å². The molecule has 3 nitrogen and oxygen atoms in total. The normalized spacial score (nSPS) is 16.6. The number of rotatable bonds is 3. The first-order valence-corrected chi connectivity index (χ1v) is 8.87. The molecule has 0 fully saturated rings. The fourth-order valence-electron chi connectivity index (χ4n) is 3.11. The molecule has 1 unspecified atom stereocenters. The lowest BCUT2D eigenvalue weighted by molar-refractivity contribution is 0.143. The van der Waals surface area contributed by atoms with Crippen molar-refractivity contribution in [2.24, 2.45) is 0 Å². The highest BCUT2D eigenvalue weighted by Crippen LogP contribution is 2.36. The molecular formula is C19H19BrFNO2.